The van der Waals surface area contributed by atoms with Crippen LogP contribution in [0, 0.1) is 6.92 Å². The van der Waals surface area contributed by atoms with E-state index < -0.39 is 0 Å². The Morgan fingerprint density at radius 1 is 1.27 bits per heavy atom. The number of benzene rings is 1. The molecule has 2 aromatic heterocycles. The lowest BCUT2D eigenvalue weighted by molar-refractivity contribution is 1.04. The van der Waals surface area contributed by atoms with Gasteiger partial charge in [0.15, 0.2) is 5.65 Å². The van der Waals surface area contributed by atoms with E-state index in [1.54, 1.807) is 12.4 Å². The van der Waals surface area contributed by atoms with Crippen LogP contribution in [0.15, 0.2) is 24.5 Å². The van der Waals surface area contributed by atoms with E-state index in [1.165, 1.54) is 0 Å². The Labute approximate surface area is 90.5 Å². The predicted octanol–water partition coefficient (Wildman–Crippen LogP) is 2.24. The maximum Gasteiger partial charge on any atom is 0.182 e. The van der Waals surface area contributed by atoms with Crippen LogP contribution in [-0.2, 0) is 0 Å². The molecule has 0 saturated heterocycles. The number of aryl methyl sites for hydroxylation is 1. The Balaban J connectivity index is 2.57. The fourth-order valence-electron chi connectivity index (χ4n) is 1.60. The molecular weight excluding hydrogens is 212 g/mol. The molecule has 0 unspecified atom stereocenters. The molecule has 3 rings (SSSR count). The van der Waals surface area contributed by atoms with E-state index in [9.17, 15) is 0 Å². The first-order valence-corrected chi connectivity index (χ1v) is 4.89. The Hall–Kier alpha value is -1.68. The van der Waals surface area contributed by atoms with Gasteiger partial charge < -0.3 is 0 Å². The van der Waals surface area contributed by atoms with Crippen LogP contribution in [0.25, 0.3) is 16.7 Å². The van der Waals surface area contributed by atoms with Crippen molar-refractivity contribution in [2.24, 2.45) is 0 Å². The van der Waals surface area contributed by atoms with Gasteiger partial charge in [-0.2, -0.15) is 0 Å². The molecule has 0 aliphatic rings. The molecule has 0 amide bonds. The van der Waals surface area contributed by atoms with Crippen molar-refractivity contribution in [3.8, 4) is 0 Å². The van der Waals surface area contributed by atoms with Gasteiger partial charge in [0.05, 0.1) is 11.2 Å². The van der Waals surface area contributed by atoms with E-state index in [0.717, 1.165) is 22.4 Å². The zero-order valence-corrected chi connectivity index (χ0v) is 8.73. The van der Waals surface area contributed by atoms with Gasteiger partial charge in [-0.05, 0) is 25.1 Å². The second kappa shape index (κ2) is 2.90. The van der Waals surface area contributed by atoms with Crippen molar-refractivity contribution in [1.82, 2.24) is 19.6 Å². The number of nitrogens with zero attached hydrogens (tertiary/aromatic N) is 4. The fourth-order valence-corrected chi connectivity index (χ4v) is 1.77. The molecule has 0 aliphatic carbocycles. The Morgan fingerprint density at radius 3 is 3.00 bits per heavy atom. The molecule has 74 valence electrons. The lowest BCUT2D eigenvalue weighted by Crippen LogP contribution is -1.94. The van der Waals surface area contributed by atoms with Gasteiger partial charge in [-0.25, -0.2) is 4.98 Å². The summed E-state index contributed by atoms with van der Waals surface area (Å²) in [5.41, 5.74) is 3.37. The number of aromatic nitrogens is 4. The predicted molar refractivity (Wildman–Crippen MR) is 58.0 cm³/mol. The first-order valence-electron chi connectivity index (χ1n) is 4.51. The molecule has 0 fully saturated rings. The lowest BCUT2D eigenvalue weighted by atomic mass is 10.3. The van der Waals surface area contributed by atoms with E-state index in [2.05, 4.69) is 15.2 Å². The molecule has 0 atom stereocenters. The number of halogens is 1. The molecule has 0 saturated carbocycles. The van der Waals surface area contributed by atoms with Crippen molar-refractivity contribution in [3.63, 3.8) is 0 Å². The van der Waals surface area contributed by atoms with E-state index in [-0.39, 0.29) is 0 Å². The van der Waals surface area contributed by atoms with Crippen molar-refractivity contribution < 1.29 is 0 Å². The lowest BCUT2D eigenvalue weighted by Gasteiger charge is -2.00. The van der Waals surface area contributed by atoms with Crippen LogP contribution in [0.5, 0.6) is 0 Å². The van der Waals surface area contributed by atoms with Gasteiger partial charge in [0.1, 0.15) is 11.8 Å². The van der Waals surface area contributed by atoms with Crippen molar-refractivity contribution in [2.75, 3.05) is 0 Å². The highest BCUT2D eigenvalue weighted by atomic mass is 35.5. The van der Waals surface area contributed by atoms with Crippen LogP contribution in [0.3, 0.4) is 0 Å². The van der Waals surface area contributed by atoms with E-state index in [0.29, 0.717) is 5.02 Å². The van der Waals surface area contributed by atoms with Crippen LogP contribution in [0.2, 0.25) is 5.02 Å². The molecule has 5 heteroatoms. The standard InChI is InChI=1S/C10H7ClN4/c1-6-10-14-13-8-3-2-7(11)4-9(8)15(10)5-12-6/h2-5H,1H3. The third-order valence-electron chi connectivity index (χ3n) is 2.37. The average Bonchev–Trinajstić information content (AvgIpc) is 2.61. The van der Waals surface area contributed by atoms with E-state index in [1.807, 2.05) is 23.5 Å². The third-order valence-corrected chi connectivity index (χ3v) is 2.60. The topological polar surface area (TPSA) is 43.1 Å². The van der Waals surface area contributed by atoms with Crippen molar-refractivity contribution in [1.29, 1.82) is 0 Å². The normalized spacial score (nSPS) is 11.3. The van der Waals surface area contributed by atoms with Crippen LogP contribution >= 0.6 is 11.6 Å². The Morgan fingerprint density at radius 2 is 2.13 bits per heavy atom. The van der Waals surface area contributed by atoms with Crippen LogP contribution in [0.4, 0.5) is 0 Å². The van der Waals surface area contributed by atoms with E-state index >= 15 is 0 Å². The number of hydrogen-bond donors (Lipinski definition) is 0. The monoisotopic (exact) mass is 218 g/mol. The molecule has 15 heavy (non-hydrogen) atoms. The number of rotatable bonds is 0. The molecule has 2 heterocycles. The summed E-state index contributed by atoms with van der Waals surface area (Å²) in [5, 5.41) is 8.90. The summed E-state index contributed by atoms with van der Waals surface area (Å²) in [5.74, 6) is 0. The minimum absolute atomic E-state index is 0.683. The maximum absolute atomic E-state index is 5.94. The largest absolute Gasteiger partial charge is 0.280 e. The number of fused-ring (bicyclic) bond motifs is 3. The van der Waals surface area contributed by atoms with Gasteiger partial charge in [-0.1, -0.05) is 11.6 Å². The highest BCUT2D eigenvalue weighted by Crippen LogP contribution is 2.18. The van der Waals surface area contributed by atoms with Gasteiger partial charge in [-0.15, -0.1) is 10.2 Å². The van der Waals surface area contributed by atoms with Gasteiger partial charge >= 0.3 is 0 Å². The second-order valence-electron chi connectivity index (χ2n) is 3.36. The molecule has 1 aromatic carbocycles. The molecule has 3 aromatic rings. The first-order chi connectivity index (χ1) is 7.25. The zero-order valence-electron chi connectivity index (χ0n) is 7.98. The van der Waals surface area contributed by atoms with Crippen LogP contribution in [0.1, 0.15) is 5.69 Å². The van der Waals surface area contributed by atoms with Gasteiger partial charge in [0, 0.05) is 5.02 Å². The number of hydrogen-bond acceptors (Lipinski definition) is 3. The third kappa shape index (κ3) is 1.18. The van der Waals surface area contributed by atoms with Gasteiger partial charge in [0.2, 0.25) is 0 Å². The second-order valence-corrected chi connectivity index (χ2v) is 3.79. The molecule has 4 nitrogen and oxygen atoms in total. The Bertz CT molecular complexity index is 659. The van der Waals surface area contributed by atoms with Crippen LogP contribution < -0.4 is 0 Å². The number of imidazole rings is 1. The summed E-state index contributed by atoms with van der Waals surface area (Å²) in [7, 11) is 0. The summed E-state index contributed by atoms with van der Waals surface area (Å²) in [6, 6.07) is 5.51. The molecule has 0 N–H and O–H groups in total. The summed E-state index contributed by atoms with van der Waals surface area (Å²) in [4.78, 5) is 4.19. The first kappa shape index (κ1) is 8.61. The highest BCUT2D eigenvalue weighted by Gasteiger charge is 2.06. The van der Waals surface area contributed by atoms with Crippen molar-refractivity contribution in [3.05, 3.63) is 35.2 Å². The molecule has 0 spiro atoms. The fraction of sp³-hybridized carbons (Fsp3) is 0.100. The molecular formula is C10H7ClN4. The average molecular weight is 219 g/mol. The van der Waals surface area contributed by atoms with Gasteiger partial charge in [-0.3, -0.25) is 4.40 Å². The zero-order chi connectivity index (χ0) is 10.4. The minimum atomic E-state index is 0.683. The molecule has 0 radical (unpaired) electrons. The summed E-state index contributed by atoms with van der Waals surface area (Å²) < 4.78 is 1.89. The molecule has 0 bridgehead atoms. The molecule has 0 aliphatic heterocycles. The summed E-state index contributed by atoms with van der Waals surface area (Å²) >= 11 is 5.94. The summed E-state index contributed by atoms with van der Waals surface area (Å²) in [6.07, 6.45) is 1.73. The summed E-state index contributed by atoms with van der Waals surface area (Å²) in [6.45, 7) is 1.90. The van der Waals surface area contributed by atoms with Crippen molar-refractivity contribution in [2.45, 2.75) is 6.92 Å². The highest BCUT2D eigenvalue weighted by molar-refractivity contribution is 6.31. The van der Waals surface area contributed by atoms with E-state index in [4.69, 9.17) is 11.6 Å². The maximum atomic E-state index is 5.94. The SMILES string of the molecule is Cc1ncn2c1nnc1ccc(Cl)cc12. The minimum Gasteiger partial charge on any atom is -0.280 e. The Kier molecular flexibility index (Phi) is 1.67. The van der Waals surface area contributed by atoms with Crippen LogP contribution in [-0.4, -0.2) is 19.6 Å². The van der Waals surface area contributed by atoms with Gasteiger partial charge in [0.25, 0.3) is 0 Å². The van der Waals surface area contributed by atoms with Crippen molar-refractivity contribution >= 4 is 28.3 Å². The smallest absolute Gasteiger partial charge is 0.182 e. The quantitative estimate of drug-likeness (QED) is 0.581.